The Kier molecular flexibility index (Phi) is 2.64. The molecule has 2 N–H and O–H groups in total. The zero-order chi connectivity index (χ0) is 13.0. The molecule has 1 heterocycles. The van der Waals surface area contributed by atoms with Crippen LogP contribution in [0.4, 0.5) is 0 Å². The van der Waals surface area contributed by atoms with E-state index in [1.54, 1.807) is 0 Å². The highest BCUT2D eigenvalue weighted by molar-refractivity contribution is 5.31. The third-order valence-electron chi connectivity index (χ3n) is 5.11. The summed E-state index contributed by atoms with van der Waals surface area (Å²) in [7, 11) is 0. The molecule has 0 aromatic carbocycles. The van der Waals surface area contributed by atoms with E-state index < -0.39 is 0 Å². The Morgan fingerprint density at radius 1 is 1.22 bits per heavy atom. The molecule has 2 heteroatoms. The predicted octanol–water partition coefficient (Wildman–Crippen LogP) is 3.75. The van der Waals surface area contributed by atoms with Gasteiger partial charge in [-0.3, -0.25) is 0 Å². The summed E-state index contributed by atoms with van der Waals surface area (Å²) in [5, 5.41) is 0. The summed E-state index contributed by atoms with van der Waals surface area (Å²) in [4.78, 5) is 0. The van der Waals surface area contributed by atoms with E-state index in [0.29, 0.717) is 11.0 Å². The molecular weight excluding hydrogens is 220 g/mol. The fraction of sp³-hybridized carbons (Fsp3) is 0.750. The van der Waals surface area contributed by atoms with Gasteiger partial charge in [0.05, 0.1) is 0 Å². The molecule has 100 valence electrons. The number of fused-ring (bicyclic) bond motifs is 1. The van der Waals surface area contributed by atoms with E-state index in [-0.39, 0.29) is 6.04 Å². The first kappa shape index (κ1) is 12.3. The highest BCUT2D eigenvalue weighted by atomic mass is 15.1. The first-order valence-corrected chi connectivity index (χ1v) is 7.38. The summed E-state index contributed by atoms with van der Waals surface area (Å²) in [5.41, 5.74) is 9.98. The average Bonchev–Trinajstić information content (AvgIpc) is 2.83. The van der Waals surface area contributed by atoms with Crippen molar-refractivity contribution in [3.8, 4) is 0 Å². The smallest absolute Gasteiger partial charge is 0.0414 e. The van der Waals surface area contributed by atoms with Gasteiger partial charge in [-0.2, -0.15) is 0 Å². The molecule has 2 aliphatic rings. The maximum absolute atomic E-state index is 6.36. The summed E-state index contributed by atoms with van der Waals surface area (Å²) < 4.78 is 2.57. The number of rotatable bonds is 1. The van der Waals surface area contributed by atoms with Crippen LogP contribution in [0.15, 0.2) is 12.3 Å². The summed E-state index contributed by atoms with van der Waals surface area (Å²) >= 11 is 0. The zero-order valence-corrected chi connectivity index (χ0v) is 12.0. The van der Waals surface area contributed by atoms with Crippen molar-refractivity contribution in [2.24, 2.45) is 11.1 Å². The van der Waals surface area contributed by atoms with Crippen LogP contribution in [0.2, 0.25) is 0 Å². The van der Waals surface area contributed by atoms with Gasteiger partial charge in [0.2, 0.25) is 0 Å². The van der Waals surface area contributed by atoms with Gasteiger partial charge in [-0.25, -0.2) is 0 Å². The molecule has 0 amide bonds. The first-order valence-electron chi connectivity index (χ1n) is 7.38. The molecule has 1 atom stereocenters. The van der Waals surface area contributed by atoms with E-state index in [1.807, 2.05) is 0 Å². The minimum atomic E-state index is 0.231. The van der Waals surface area contributed by atoms with Gasteiger partial charge in [-0.15, -0.1) is 0 Å². The second-order valence-corrected chi connectivity index (χ2v) is 7.44. The molecule has 0 bridgehead atoms. The van der Waals surface area contributed by atoms with Crippen LogP contribution in [0.5, 0.6) is 0 Å². The van der Waals surface area contributed by atoms with Crippen LogP contribution in [0.3, 0.4) is 0 Å². The maximum Gasteiger partial charge on any atom is 0.0414 e. The van der Waals surface area contributed by atoms with Crippen LogP contribution in [0.1, 0.15) is 70.2 Å². The molecule has 2 nitrogen and oxygen atoms in total. The Morgan fingerprint density at radius 2 is 1.89 bits per heavy atom. The molecular formula is C16H26N2. The van der Waals surface area contributed by atoms with E-state index in [2.05, 4.69) is 37.6 Å². The van der Waals surface area contributed by atoms with Crippen molar-refractivity contribution in [3.05, 3.63) is 23.5 Å². The van der Waals surface area contributed by atoms with Gasteiger partial charge < -0.3 is 10.3 Å². The van der Waals surface area contributed by atoms with Crippen LogP contribution in [-0.2, 0) is 12.0 Å². The highest BCUT2D eigenvalue weighted by Gasteiger charge is 2.37. The SMILES string of the molecule is CC1(C)Cc2c(ccn2C2(C)CCCC2)C(N)C1. The van der Waals surface area contributed by atoms with Crippen LogP contribution in [0, 0.1) is 5.41 Å². The lowest BCUT2D eigenvalue weighted by Gasteiger charge is -2.37. The summed E-state index contributed by atoms with van der Waals surface area (Å²) in [6, 6.07) is 2.51. The lowest BCUT2D eigenvalue weighted by Crippen LogP contribution is -2.34. The summed E-state index contributed by atoms with van der Waals surface area (Å²) in [6.45, 7) is 7.13. The molecule has 0 aliphatic heterocycles. The highest BCUT2D eigenvalue weighted by Crippen LogP contribution is 2.44. The fourth-order valence-corrected chi connectivity index (χ4v) is 4.12. The van der Waals surface area contributed by atoms with Crippen LogP contribution in [0.25, 0.3) is 0 Å². The van der Waals surface area contributed by atoms with Crippen molar-refractivity contribution in [3.63, 3.8) is 0 Å². The van der Waals surface area contributed by atoms with Gasteiger partial charge >= 0.3 is 0 Å². The van der Waals surface area contributed by atoms with Gasteiger partial charge in [-0.1, -0.05) is 26.7 Å². The van der Waals surface area contributed by atoms with Crippen molar-refractivity contribution in [1.29, 1.82) is 0 Å². The van der Waals surface area contributed by atoms with Crippen LogP contribution >= 0.6 is 0 Å². The Morgan fingerprint density at radius 3 is 2.56 bits per heavy atom. The van der Waals surface area contributed by atoms with Crippen molar-refractivity contribution >= 4 is 0 Å². The number of aromatic nitrogens is 1. The molecule has 1 aromatic heterocycles. The minimum absolute atomic E-state index is 0.231. The lowest BCUT2D eigenvalue weighted by atomic mass is 9.74. The number of nitrogens with zero attached hydrogens (tertiary/aromatic N) is 1. The predicted molar refractivity (Wildman–Crippen MR) is 75.6 cm³/mol. The molecule has 0 spiro atoms. The third kappa shape index (κ3) is 1.82. The van der Waals surface area contributed by atoms with Gasteiger partial charge in [0.1, 0.15) is 0 Å². The van der Waals surface area contributed by atoms with Crippen molar-refractivity contribution in [2.45, 2.75) is 70.9 Å². The van der Waals surface area contributed by atoms with Crippen molar-refractivity contribution in [2.75, 3.05) is 0 Å². The summed E-state index contributed by atoms with van der Waals surface area (Å²) in [6.07, 6.45) is 9.99. The van der Waals surface area contributed by atoms with Crippen molar-refractivity contribution < 1.29 is 0 Å². The average molecular weight is 246 g/mol. The van der Waals surface area contributed by atoms with Gasteiger partial charge in [-0.05, 0) is 49.7 Å². The Labute approximate surface area is 111 Å². The lowest BCUT2D eigenvalue weighted by molar-refractivity contribution is 0.252. The molecule has 1 aromatic rings. The normalized spacial score (nSPS) is 29.2. The van der Waals surface area contributed by atoms with E-state index in [1.165, 1.54) is 43.4 Å². The topological polar surface area (TPSA) is 30.9 Å². The van der Waals surface area contributed by atoms with E-state index >= 15 is 0 Å². The third-order valence-corrected chi connectivity index (χ3v) is 5.11. The van der Waals surface area contributed by atoms with Gasteiger partial charge in [0, 0.05) is 23.5 Å². The molecule has 3 rings (SSSR count). The maximum atomic E-state index is 6.36. The molecule has 18 heavy (non-hydrogen) atoms. The molecule has 0 saturated heterocycles. The standard InChI is InChI=1S/C16H26N2/c1-15(2)10-13(17)12-6-9-18(14(12)11-15)16(3)7-4-5-8-16/h6,9,13H,4-5,7-8,10-11,17H2,1-3H3. The van der Waals surface area contributed by atoms with Crippen LogP contribution in [-0.4, -0.2) is 4.57 Å². The van der Waals surface area contributed by atoms with Crippen LogP contribution < -0.4 is 5.73 Å². The van der Waals surface area contributed by atoms with E-state index in [0.717, 1.165) is 6.42 Å². The second kappa shape index (κ2) is 3.86. The summed E-state index contributed by atoms with van der Waals surface area (Å²) in [5.74, 6) is 0. The Bertz CT molecular complexity index is 450. The largest absolute Gasteiger partial charge is 0.345 e. The molecule has 1 saturated carbocycles. The van der Waals surface area contributed by atoms with Gasteiger partial charge in [0.25, 0.3) is 0 Å². The number of hydrogen-bond donors (Lipinski definition) is 1. The monoisotopic (exact) mass is 246 g/mol. The molecule has 1 unspecified atom stereocenters. The minimum Gasteiger partial charge on any atom is -0.345 e. The molecule has 2 aliphatic carbocycles. The zero-order valence-electron chi connectivity index (χ0n) is 12.0. The Balaban J connectivity index is 2.04. The van der Waals surface area contributed by atoms with E-state index in [4.69, 9.17) is 5.73 Å². The number of nitrogens with two attached hydrogens (primary N) is 1. The second-order valence-electron chi connectivity index (χ2n) is 7.44. The quantitative estimate of drug-likeness (QED) is 0.804. The molecule has 1 fully saturated rings. The van der Waals surface area contributed by atoms with Crippen molar-refractivity contribution in [1.82, 2.24) is 4.57 Å². The first-order chi connectivity index (χ1) is 8.41. The van der Waals surface area contributed by atoms with E-state index in [9.17, 15) is 0 Å². The Hall–Kier alpha value is -0.760. The van der Waals surface area contributed by atoms with Gasteiger partial charge in [0.15, 0.2) is 0 Å². The fourth-order valence-electron chi connectivity index (χ4n) is 4.12. The number of hydrogen-bond acceptors (Lipinski definition) is 1. The molecule has 0 radical (unpaired) electrons.